The van der Waals surface area contributed by atoms with Gasteiger partial charge in [0.05, 0.1) is 37.1 Å². The monoisotopic (exact) mass is 388 g/mol. The van der Waals surface area contributed by atoms with Gasteiger partial charge in [-0.1, -0.05) is 12.1 Å². The van der Waals surface area contributed by atoms with Crippen LogP contribution in [0.15, 0.2) is 24.3 Å². The number of nitrogens with zero attached hydrogens (tertiary/aromatic N) is 1. The number of Topliss-reactive ketones (excluding diaryl/α,β-unsaturated/α-hetero) is 1. The maximum atomic E-state index is 13.1. The van der Waals surface area contributed by atoms with Crippen LogP contribution in [-0.4, -0.2) is 54.5 Å². The molecule has 2 heterocycles. The van der Waals surface area contributed by atoms with E-state index in [1.807, 2.05) is 4.90 Å². The molecule has 1 aromatic carbocycles. The lowest BCUT2D eigenvalue weighted by molar-refractivity contribution is -0.0275. The highest BCUT2D eigenvalue weighted by molar-refractivity contribution is 6.02. The van der Waals surface area contributed by atoms with Crippen molar-refractivity contribution in [3.8, 4) is 0 Å². The van der Waals surface area contributed by atoms with Crippen LogP contribution in [0.25, 0.3) is 0 Å². The molecule has 1 atom stereocenters. The zero-order valence-corrected chi connectivity index (χ0v) is 16.4. The molecular weight excluding hydrogens is 363 g/mol. The van der Waals surface area contributed by atoms with Gasteiger partial charge in [-0.2, -0.15) is 0 Å². The molecule has 1 aliphatic heterocycles. The number of carbonyl (C=O) groups excluding carboxylic acids is 2. The number of esters is 1. The van der Waals surface area contributed by atoms with Crippen molar-refractivity contribution in [2.75, 3.05) is 32.8 Å². The molecular formula is C21H25FN2O4. The van der Waals surface area contributed by atoms with Gasteiger partial charge in [0, 0.05) is 18.8 Å². The second kappa shape index (κ2) is 8.67. The summed E-state index contributed by atoms with van der Waals surface area (Å²) in [5.41, 5.74) is 2.99. The first-order chi connectivity index (χ1) is 13.4. The van der Waals surface area contributed by atoms with Crippen molar-refractivity contribution in [3.63, 3.8) is 0 Å². The van der Waals surface area contributed by atoms with E-state index >= 15 is 0 Å². The van der Waals surface area contributed by atoms with Crippen LogP contribution in [0, 0.1) is 19.7 Å². The zero-order chi connectivity index (χ0) is 20.3. The zero-order valence-electron chi connectivity index (χ0n) is 16.4. The second-order valence-corrected chi connectivity index (χ2v) is 6.91. The summed E-state index contributed by atoms with van der Waals surface area (Å²) in [7, 11) is 0. The molecule has 0 radical (unpaired) electrons. The molecule has 0 saturated carbocycles. The summed E-state index contributed by atoms with van der Waals surface area (Å²) in [4.78, 5) is 30.0. The Morgan fingerprint density at radius 1 is 1.29 bits per heavy atom. The largest absolute Gasteiger partial charge is 0.462 e. The van der Waals surface area contributed by atoms with Crippen molar-refractivity contribution in [2.45, 2.75) is 26.9 Å². The Hall–Kier alpha value is -2.51. The van der Waals surface area contributed by atoms with Crippen LogP contribution in [0.2, 0.25) is 0 Å². The van der Waals surface area contributed by atoms with Gasteiger partial charge in [0.1, 0.15) is 5.82 Å². The molecule has 0 aliphatic carbocycles. The fourth-order valence-corrected chi connectivity index (χ4v) is 3.55. The molecule has 3 rings (SSSR count). The van der Waals surface area contributed by atoms with Crippen LogP contribution < -0.4 is 0 Å². The average Bonchev–Trinajstić information content (AvgIpc) is 2.97. The quantitative estimate of drug-likeness (QED) is 0.608. The highest BCUT2D eigenvalue weighted by Gasteiger charge is 2.27. The van der Waals surface area contributed by atoms with Crippen molar-refractivity contribution in [2.24, 2.45) is 0 Å². The Morgan fingerprint density at radius 2 is 2.00 bits per heavy atom. The maximum Gasteiger partial charge on any atom is 0.340 e. The number of rotatable bonds is 6. The van der Waals surface area contributed by atoms with Crippen molar-refractivity contribution in [1.82, 2.24) is 9.88 Å². The minimum absolute atomic E-state index is 0.0871. The third-order valence-electron chi connectivity index (χ3n) is 4.96. The lowest BCUT2D eigenvalue weighted by Crippen LogP contribution is -2.41. The number of aromatic nitrogens is 1. The number of nitrogens with one attached hydrogen (secondary N) is 1. The molecule has 2 aromatic rings. The van der Waals surface area contributed by atoms with Crippen LogP contribution in [0.5, 0.6) is 0 Å². The van der Waals surface area contributed by atoms with Crippen LogP contribution >= 0.6 is 0 Å². The van der Waals surface area contributed by atoms with E-state index in [0.29, 0.717) is 42.2 Å². The smallest absolute Gasteiger partial charge is 0.340 e. The molecule has 1 aromatic heterocycles. The number of ether oxygens (including phenoxy) is 2. The summed E-state index contributed by atoms with van der Waals surface area (Å²) >= 11 is 0. The number of morpholine rings is 1. The van der Waals surface area contributed by atoms with Gasteiger partial charge in [0.15, 0.2) is 5.78 Å². The van der Waals surface area contributed by atoms with Gasteiger partial charge >= 0.3 is 5.97 Å². The van der Waals surface area contributed by atoms with Gasteiger partial charge in [-0.15, -0.1) is 0 Å². The van der Waals surface area contributed by atoms with E-state index in [2.05, 4.69) is 4.98 Å². The molecule has 1 saturated heterocycles. The van der Waals surface area contributed by atoms with E-state index in [1.54, 1.807) is 32.9 Å². The Kier molecular flexibility index (Phi) is 6.26. The molecule has 0 spiro atoms. The van der Waals surface area contributed by atoms with E-state index in [9.17, 15) is 14.0 Å². The van der Waals surface area contributed by atoms with Gasteiger partial charge < -0.3 is 14.5 Å². The first-order valence-electron chi connectivity index (χ1n) is 9.39. The van der Waals surface area contributed by atoms with E-state index in [4.69, 9.17) is 9.47 Å². The van der Waals surface area contributed by atoms with Crippen molar-refractivity contribution >= 4 is 11.8 Å². The SMILES string of the molecule is CCOC(=O)c1c(C)[nH]c(C(=O)CN2CCOC(c3ccc(F)cc3)C2)c1C. The molecule has 0 bridgehead atoms. The third-order valence-corrected chi connectivity index (χ3v) is 4.96. The van der Waals surface area contributed by atoms with Gasteiger partial charge in [-0.05, 0) is 44.0 Å². The summed E-state index contributed by atoms with van der Waals surface area (Å²) in [6.07, 6.45) is -0.205. The Labute approximate surface area is 163 Å². The Bertz CT molecular complexity index is 860. The average molecular weight is 388 g/mol. The van der Waals surface area contributed by atoms with Crippen molar-refractivity contribution in [1.29, 1.82) is 0 Å². The van der Waals surface area contributed by atoms with Gasteiger partial charge in [-0.25, -0.2) is 9.18 Å². The molecule has 1 aliphatic rings. The van der Waals surface area contributed by atoms with Crippen LogP contribution in [0.3, 0.4) is 0 Å². The molecule has 1 N–H and O–H groups in total. The summed E-state index contributed by atoms with van der Waals surface area (Å²) in [6, 6.07) is 6.22. The predicted molar refractivity (Wildman–Crippen MR) is 102 cm³/mol. The topological polar surface area (TPSA) is 71.6 Å². The number of hydrogen-bond acceptors (Lipinski definition) is 5. The standard InChI is InChI=1S/C21H25FN2O4/c1-4-27-21(26)19-13(2)20(23-14(19)3)17(25)11-24-9-10-28-18(12-24)15-5-7-16(22)8-6-15/h5-8,18,23H,4,9-12H2,1-3H3. The van der Waals surface area contributed by atoms with Gasteiger partial charge in [-0.3, -0.25) is 9.69 Å². The van der Waals surface area contributed by atoms with E-state index in [-0.39, 0.29) is 30.9 Å². The van der Waals surface area contributed by atoms with Crippen molar-refractivity contribution in [3.05, 3.63) is 58.2 Å². The number of hydrogen-bond donors (Lipinski definition) is 1. The normalized spacial score (nSPS) is 17.5. The molecule has 28 heavy (non-hydrogen) atoms. The maximum absolute atomic E-state index is 13.1. The number of carbonyl (C=O) groups is 2. The number of aryl methyl sites for hydroxylation is 1. The van der Waals surface area contributed by atoms with Crippen molar-refractivity contribution < 1.29 is 23.5 Å². The lowest BCUT2D eigenvalue weighted by Gasteiger charge is -2.32. The second-order valence-electron chi connectivity index (χ2n) is 6.91. The van der Waals surface area contributed by atoms with Gasteiger partial charge in [0.2, 0.25) is 0 Å². The first kappa shape index (κ1) is 20.2. The van der Waals surface area contributed by atoms with Crippen LogP contribution in [0.1, 0.15) is 50.7 Å². The summed E-state index contributed by atoms with van der Waals surface area (Å²) in [5, 5.41) is 0. The van der Waals surface area contributed by atoms with Gasteiger partial charge in [0.25, 0.3) is 0 Å². The number of halogens is 1. The number of ketones is 1. The minimum atomic E-state index is -0.421. The highest BCUT2D eigenvalue weighted by atomic mass is 19.1. The van der Waals surface area contributed by atoms with E-state index < -0.39 is 5.97 Å². The molecule has 150 valence electrons. The first-order valence-corrected chi connectivity index (χ1v) is 9.39. The molecule has 6 nitrogen and oxygen atoms in total. The third kappa shape index (κ3) is 4.31. The number of benzene rings is 1. The van der Waals surface area contributed by atoms with Crippen LogP contribution in [0.4, 0.5) is 4.39 Å². The number of H-pyrrole nitrogens is 1. The summed E-state index contributed by atoms with van der Waals surface area (Å²) in [5.74, 6) is -0.798. The summed E-state index contributed by atoms with van der Waals surface area (Å²) in [6.45, 7) is 7.42. The lowest BCUT2D eigenvalue weighted by atomic mass is 10.1. The fourth-order valence-electron chi connectivity index (χ4n) is 3.55. The molecule has 0 amide bonds. The predicted octanol–water partition coefficient (Wildman–Crippen LogP) is 3.20. The molecule has 1 unspecified atom stereocenters. The van der Waals surface area contributed by atoms with E-state index in [1.165, 1.54) is 12.1 Å². The van der Waals surface area contributed by atoms with E-state index in [0.717, 1.165) is 5.56 Å². The Morgan fingerprint density at radius 3 is 2.68 bits per heavy atom. The highest BCUT2D eigenvalue weighted by Crippen LogP contribution is 2.24. The molecule has 1 fully saturated rings. The molecule has 7 heteroatoms. The Balaban J connectivity index is 1.70. The van der Waals surface area contributed by atoms with Crippen LogP contribution in [-0.2, 0) is 9.47 Å². The fraction of sp³-hybridized carbons (Fsp3) is 0.429. The summed E-state index contributed by atoms with van der Waals surface area (Å²) < 4.78 is 24.0. The number of aromatic amines is 1. The minimum Gasteiger partial charge on any atom is -0.462 e.